The van der Waals surface area contributed by atoms with E-state index in [1.54, 1.807) is 13.1 Å². The van der Waals surface area contributed by atoms with Gasteiger partial charge in [0.25, 0.3) is 0 Å². The van der Waals surface area contributed by atoms with Gasteiger partial charge in [0.1, 0.15) is 0 Å². The summed E-state index contributed by atoms with van der Waals surface area (Å²) in [5, 5.41) is 22.9. The summed E-state index contributed by atoms with van der Waals surface area (Å²) in [5.74, 6) is -0.318. The second kappa shape index (κ2) is 9.63. The van der Waals surface area contributed by atoms with E-state index in [0.29, 0.717) is 5.57 Å². The molecule has 0 aliphatic rings. The van der Waals surface area contributed by atoms with Crippen molar-refractivity contribution in [3.05, 3.63) is 22.2 Å². The molecule has 0 saturated carbocycles. The van der Waals surface area contributed by atoms with Gasteiger partial charge in [0.05, 0.1) is 19.1 Å². The zero-order chi connectivity index (χ0) is 14.7. The molecule has 1 atom stereocenters. The molecule has 0 aliphatic carbocycles. The van der Waals surface area contributed by atoms with Crippen LogP contribution in [0.2, 0.25) is 0 Å². The van der Waals surface area contributed by atoms with E-state index in [2.05, 4.69) is 20.7 Å². The number of rotatable bonds is 9. The van der Waals surface area contributed by atoms with Crippen LogP contribution in [-0.4, -0.2) is 37.1 Å². The van der Waals surface area contributed by atoms with E-state index in [-0.39, 0.29) is 31.1 Å². The Bertz CT molecular complexity index is 410. The third-order valence-corrected chi connectivity index (χ3v) is 2.06. The van der Waals surface area contributed by atoms with E-state index in [9.17, 15) is 4.79 Å². The van der Waals surface area contributed by atoms with E-state index in [1.807, 2.05) is 0 Å². The van der Waals surface area contributed by atoms with Crippen LogP contribution >= 0.6 is 0 Å². The predicted octanol–water partition coefficient (Wildman–Crippen LogP) is 0.251. The Balaban J connectivity index is 4.05. The number of hydrogen-bond acceptors (Lipinski definition) is 6. The smallest absolute Gasteiger partial charge is 0.226 e. The molecule has 0 fully saturated rings. The number of nitrogens with one attached hydrogen (secondary N) is 4. The summed E-state index contributed by atoms with van der Waals surface area (Å²) in [4.78, 5) is 13.7. The molecule has 0 spiro atoms. The average Bonchev–Trinajstić information content (AvgIpc) is 2.35. The second-order valence-electron chi connectivity index (χ2n) is 3.69. The summed E-state index contributed by atoms with van der Waals surface area (Å²) in [5.41, 5.74) is 14.6. The Hall–Kier alpha value is -2.38. The van der Waals surface area contributed by atoms with Crippen LogP contribution in [0.3, 0.4) is 0 Å². The first-order valence-electron chi connectivity index (χ1n) is 5.54. The maximum atomic E-state index is 11.1. The Morgan fingerprint density at radius 3 is 2.89 bits per heavy atom. The molecule has 0 rings (SSSR count). The quantitative estimate of drug-likeness (QED) is 0.133. The highest BCUT2D eigenvalue weighted by Gasteiger charge is 2.05. The maximum absolute atomic E-state index is 11.1. The lowest BCUT2D eigenvalue weighted by atomic mass is 10.2. The van der Waals surface area contributed by atoms with Crippen molar-refractivity contribution in [2.45, 2.75) is 19.5 Å². The van der Waals surface area contributed by atoms with Gasteiger partial charge in [0.15, 0.2) is 0 Å². The summed E-state index contributed by atoms with van der Waals surface area (Å²) in [6.45, 7) is 1.97. The summed E-state index contributed by atoms with van der Waals surface area (Å²) >= 11 is 0. The summed E-state index contributed by atoms with van der Waals surface area (Å²) in [6.07, 6.45) is 1.98. The molecule has 104 valence electrons. The predicted molar refractivity (Wildman–Crippen MR) is 73.0 cm³/mol. The number of nitrogens with zero attached hydrogens (tertiary/aromatic N) is 3. The number of carbonyl (C=O) groups is 1. The van der Waals surface area contributed by atoms with Gasteiger partial charge in [-0.15, -0.1) is 0 Å². The van der Waals surface area contributed by atoms with Crippen LogP contribution < -0.4 is 16.4 Å². The fraction of sp³-hybridized carbons (Fsp3) is 0.500. The van der Waals surface area contributed by atoms with E-state index < -0.39 is 6.17 Å². The van der Waals surface area contributed by atoms with Gasteiger partial charge in [0.2, 0.25) is 5.91 Å². The molecule has 0 bridgehead atoms. The van der Waals surface area contributed by atoms with Crippen molar-refractivity contribution in [1.29, 1.82) is 10.8 Å². The van der Waals surface area contributed by atoms with Crippen molar-refractivity contribution in [3.63, 3.8) is 0 Å². The van der Waals surface area contributed by atoms with Gasteiger partial charge >= 0.3 is 0 Å². The molecule has 0 heterocycles. The second-order valence-corrected chi connectivity index (χ2v) is 3.69. The average molecular weight is 266 g/mol. The number of carbonyl (C=O) groups excluding carboxylic acids is 1. The Morgan fingerprint density at radius 1 is 1.63 bits per heavy atom. The van der Waals surface area contributed by atoms with Gasteiger partial charge in [-0.2, -0.15) is 0 Å². The molecule has 0 aliphatic heterocycles. The van der Waals surface area contributed by atoms with Gasteiger partial charge < -0.3 is 27.2 Å². The number of hydrogen-bond donors (Lipinski definition) is 5. The first-order valence-corrected chi connectivity index (χ1v) is 5.54. The zero-order valence-electron chi connectivity index (χ0n) is 10.7. The van der Waals surface area contributed by atoms with Crippen molar-refractivity contribution in [2.75, 3.05) is 13.1 Å². The Morgan fingerprint density at radius 2 is 2.32 bits per heavy atom. The van der Waals surface area contributed by atoms with Gasteiger partial charge in [-0.25, -0.2) is 0 Å². The molecular weight excluding hydrogens is 248 g/mol. The summed E-state index contributed by atoms with van der Waals surface area (Å²) < 4.78 is 0. The standard InChI is InChI=1S/C10H18N8O/c1-7(8(12)5-16-18-14)4-15-6-9(13)17-10(19)2-3-11/h3-4,9,11-12,15H,2,5-6,13H2,1H3,(H,17,19)/b7-4-,11-3?,12-8?. The fourth-order valence-corrected chi connectivity index (χ4v) is 1.06. The van der Waals surface area contributed by atoms with Crippen LogP contribution in [0.4, 0.5) is 0 Å². The lowest BCUT2D eigenvalue weighted by Crippen LogP contribution is -2.47. The molecule has 1 unspecified atom stereocenters. The minimum absolute atomic E-state index is 0.000618. The molecular formula is C10H18N8O. The van der Waals surface area contributed by atoms with Crippen molar-refractivity contribution >= 4 is 17.8 Å². The van der Waals surface area contributed by atoms with Crippen LogP contribution in [-0.2, 0) is 4.79 Å². The normalized spacial score (nSPS) is 12.0. The molecule has 1 amide bonds. The topological polar surface area (TPSA) is 164 Å². The minimum atomic E-state index is -0.581. The summed E-state index contributed by atoms with van der Waals surface area (Å²) in [7, 11) is 0. The lowest BCUT2D eigenvalue weighted by Gasteiger charge is -2.13. The van der Waals surface area contributed by atoms with Crippen LogP contribution in [0.1, 0.15) is 13.3 Å². The SMILES string of the molecule is C/C(=C/NCC(N)NC(=O)CC=N)C(=N)CN=[N+]=[N-]. The van der Waals surface area contributed by atoms with Crippen molar-refractivity contribution in [1.82, 2.24) is 10.6 Å². The summed E-state index contributed by atoms with van der Waals surface area (Å²) in [6, 6.07) is 0. The molecule has 6 N–H and O–H groups in total. The first-order chi connectivity index (χ1) is 9.01. The molecule has 0 aromatic rings. The number of amides is 1. The van der Waals surface area contributed by atoms with Crippen LogP contribution in [0.15, 0.2) is 16.9 Å². The van der Waals surface area contributed by atoms with E-state index >= 15 is 0 Å². The van der Waals surface area contributed by atoms with Crippen molar-refractivity contribution < 1.29 is 4.79 Å². The minimum Gasteiger partial charge on any atom is -0.387 e. The monoisotopic (exact) mass is 266 g/mol. The molecule has 0 saturated heterocycles. The third kappa shape index (κ3) is 8.36. The zero-order valence-corrected chi connectivity index (χ0v) is 10.7. The van der Waals surface area contributed by atoms with Gasteiger partial charge in [-0.05, 0) is 18.0 Å². The van der Waals surface area contributed by atoms with Crippen LogP contribution in [0.5, 0.6) is 0 Å². The third-order valence-electron chi connectivity index (χ3n) is 2.06. The first kappa shape index (κ1) is 16.6. The number of azide groups is 1. The molecule has 0 radical (unpaired) electrons. The Kier molecular flexibility index (Phi) is 8.42. The lowest BCUT2D eigenvalue weighted by molar-refractivity contribution is -0.120. The van der Waals surface area contributed by atoms with Gasteiger partial charge in [-0.1, -0.05) is 5.11 Å². The van der Waals surface area contributed by atoms with E-state index in [4.69, 9.17) is 22.1 Å². The van der Waals surface area contributed by atoms with Crippen molar-refractivity contribution in [2.24, 2.45) is 10.8 Å². The van der Waals surface area contributed by atoms with Gasteiger partial charge in [-0.3, -0.25) is 4.79 Å². The van der Waals surface area contributed by atoms with Gasteiger partial charge in [0, 0.05) is 29.6 Å². The van der Waals surface area contributed by atoms with E-state index in [1.165, 1.54) is 0 Å². The highest BCUT2D eigenvalue weighted by atomic mass is 16.1. The highest BCUT2D eigenvalue weighted by molar-refractivity contribution is 5.98. The largest absolute Gasteiger partial charge is 0.387 e. The van der Waals surface area contributed by atoms with Crippen LogP contribution in [0.25, 0.3) is 10.4 Å². The Labute approximate surface area is 110 Å². The number of nitrogens with two attached hydrogens (primary N) is 1. The fourth-order valence-electron chi connectivity index (χ4n) is 1.06. The molecule has 0 aromatic carbocycles. The molecule has 19 heavy (non-hydrogen) atoms. The van der Waals surface area contributed by atoms with E-state index in [0.717, 1.165) is 6.21 Å². The molecule has 9 nitrogen and oxygen atoms in total. The molecule has 9 heteroatoms. The van der Waals surface area contributed by atoms with Crippen LogP contribution in [0, 0.1) is 10.8 Å². The highest BCUT2D eigenvalue weighted by Crippen LogP contribution is 1.94. The molecule has 0 aromatic heterocycles. The van der Waals surface area contributed by atoms with Crippen molar-refractivity contribution in [3.8, 4) is 0 Å². The maximum Gasteiger partial charge on any atom is 0.226 e.